The summed E-state index contributed by atoms with van der Waals surface area (Å²) in [7, 11) is -4.08. The van der Waals surface area contributed by atoms with Crippen molar-refractivity contribution in [2.24, 2.45) is 5.92 Å². The summed E-state index contributed by atoms with van der Waals surface area (Å²) in [4.78, 5) is 10.7. The first-order valence-electron chi connectivity index (χ1n) is 6.71. The van der Waals surface area contributed by atoms with Gasteiger partial charge in [-0.1, -0.05) is 0 Å². The Morgan fingerprint density at radius 1 is 1.41 bits per heavy atom. The van der Waals surface area contributed by atoms with Gasteiger partial charge in [-0.25, -0.2) is 13.1 Å². The third-order valence-electron chi connectivity index (χ3n) is 3.76. The summed E-state index contributed by atoms with van der Waals surface area (Å²) in [5.41, 5.74) is -0.198. The fourth-order valence-corrected chi connectivity index (χ4v) is 4.58. The molecule has 0 spiro atoms. The van der Waals surface area contributed by atoms with Crippen LogP contribution >= 0.6 is 0 Å². The molecule has 0 saturated carbocycles. The highest BCUT2D eigenvalue weighted by Crippen LogP contribution is 2.29. The van der Waals surface area contributed by atoms with Crippen molar-refractivity contribution in [1.82, 2.24) is 14.1 Å². The molecular weight excluding hydrogens is 320 g/mol. The minimum atomic E-state index is -4.08. The Balaban J connectivity index is 2.41. The van der Waals surface area contributed by atoms with Crippen molar-refractivity contribution < 1.29 is 27.1 Å². The molecule has 124 valence electrons. The molecule has 1 atom stereocenters. The lowest BCUT2D eigenvalue weighted by Gasteiger charge is -2.32. The number of halogens is 2. The number of rotatable bonds is 4. The Morgan fingerprint density at radius 3 is 2.55 bits per heavy atom. The summed E-state index contributed by atoms with van der Waals surface area (Å²) in [5, 5.41) is 14.5. The van der Waals surface area contributed by atoms with Gasteiger partial charge < -0.3 is 9.90 Å². The van der Waals surface area contributed by atoms with Crippen LogP contribution in [0.25, 0.3) is 0 Å². The number of hydrogen-bond acceptors (Lipinski definition) is 5. The number of carbonyl (C=O) groups is 1. The van der Waals surface area contributed by atoms with E-state index in [2.05, 4.69) is 5.10 Å². The molecule has 0 bridgehead atoms. The average molecular weight is 336 g/mol. The van der Waals surface area contributed by atoms with Gasteiger partial charge >= 0.3 is 6.55 Å². The maximum Gasteiger partial charge on any atom is 0.333 e. The van der Waals surface area contributed by atoms with Gasteiger partial charge in [0.2, 0.25) is 10.0 Å². The fourth-order valence-electron chi connectivity index (χ4n) is 2.69. The first-order chi connectivity index (χ1) is 10.2. The zero-order chi connectivity index (χ0) is 16.7. The number of carboxylic acid groups (broad SMARTS) is 1. The van der Waals surface area contributed by atoms with Gasteiger partial charge in [-0.3, -0.25) is 0 Å². The molecule has 0 amide bonds. The van der Waals surface area contributed by atoms with Crippen molar-refractivity contribution in [1.29, 1.82) is 0 Å². The van der Waals surface area contributed by atoms with Crippen molar-refractivity contribution >= 4 is 16.0 Å². The van der Waals surface area contributed by atoms with Crippen LogP contribution in [-0.4, -0.2) is 41.6 Å². The number of aromatic nitrogens is 2. The molecule has 1 aromatic heterocycles. The summed E-state index contributed by atoms with van der Waals surface area (Å²) in [5.74, 6) is -2.20. The van der Waals surface area contributed by atoms with Crippen LogP contribution in [-0.2, 0) is 14.8 Å². The third kappa shape index (κ3) is 2.84. The molecule has 0 aliphatic carbocycles. The van der Waals surface area contributed by atoms with E-state index < -0.39 is 28.5 Å². The Bertz CT molecular complexity index is 687. The molecule has 1 saturated heterocycles. The molecule has 2 heterocycles. The molecule has 2 rings (SSSR count). The maximum absolute atomic E-state index is 12.8. The Labute approximate surface area is 126 Å². The van der Waals surface area contributed by atoms with E-state index in [1.165, 1.54) is 13.8 Å². The summed E-state index contributed by atoms with van der Waals surface area (Å²) < 4.78 is 52.3. The van der Waals surface area contributed by atoms with E-state index in [9.17, 15) is 27.1 Å². The van der Waals surface area contributed by atoms with E-state index in [0.717, 1.165) is 4.31 Å². The van der Waals surface area contributed by atoms with Crippen molar-refractivity contribution in [3.63, 3.8) is 0 Å². The number of sulfonamides is 1. The van der Waals surface area contributed by atoms with Gasteiger partial charge in [0.05, 0.1) is 11.4 Å². The number of piperidine rings is 1. The summed E-state index contributed by atoms with van der Waals surface area (Å²) in [6.45, 7) is -0.438. The molecule has 0 N–H and O–H groups in total. The number of aryl methyl sites for hydroxylation is 1. The molecule has 22 heavy (non-hydrogen) atoms. The second-order valence-corrected chi connectivity index (χ2v) is 7.12. The second-order valence-electron chi connectivity index (χ2n) is 5.24. The van der Waals surface area contributed by atoms with Crippen LogP contribution in [0.2, 0.25) is 0 Å². The standard InChI is InChI=1S/C12H17F2N3O4S/c1-7-10(8(2)17(15-7)12(13)14)22(20,21)16-5-3-4-9(6-16)11(18)19/h9,12H,3-6H2,1-2H3,(H,18,19)/p-1/t9-/m0/s1. The summed E-state index contributed by atoms with van der Waals surface area (Å²) in [6.07, 6.45) is 0.710. The lowest BCUT2D eigenvalue weighted by molar-refractivity contribution is -0.312. The third-order valence-corrected chi connectivity index (χ3v) is 5.88. The summed E-state index contributed by atoms with van der Waals surface area (Å²) in [6, 6.07) is 0. The molecule has 7 nitrogen and oxygen atoms in total. The summed E-state index contributed by atoms with van der Waals surface area (Å²) >= 11 is 0. The smallest absolute Gasteiger partial charge is 0.333 e. The highest BCUT2D eigenvalue weighted by atomic mass is 32.2. The number of carbonyl (C=O) groups excluding carboxylic acids is 1. The molecule has 1 aliphatic heterocycles. The zero-order valence-electron chi connectivity index (χ0n) is 12.1. The molecule has 1 fully saturated rings. The normalized spacial score (nSPS) is 20.5. The van der Waals surface area contributed by atoms with Crippen LogP contribution < -0.4 is 5.11 Å². The number of alkyl halides is 2. The van der Waals surface area contributed by atoms with Crippen molar-refractivity contribution in [3.8, 4) is 0 Å². The van der Waals surface area contributed by atoms with E-state index in [1.54, 1.807) is 0 Å². The fraction of sp³-hybridized carbons (Fsp3) is 0.667. The predicted octanol–water partition coefficient (Wildman–Crippen LogP) is 0.0456. The molecular formula is C12H16F2N3O4S-. The van der Waals surface area contributed by atoms with E-state index in [0.29, 0.717) is 17.5 Å². The Morgan fingerprint density at radius 2 is 2.05 bits per heavy atom. The predicted molar refractivity (Wildman–Crippen MR) is 69.4 cm³/mol. The second kappa shape index (κ2) is 5.92. The molecule has 1 aliphatic rings. The molecule has 0 aromatic carbocycles. The van der Waals surface area contributed by atoms with Gasteiger partial charge in [0.1, 0.15) is 4.90 Å². The SMILES string of the molecule is Cc1nn(C(F)F)c(C)c1S(=O)(=O)N1CCC[C@H](C(=O)[O-])C1. The molecule has 0 unspecified atom stereocenters. The van der Waals surface area contributed by atoms with Crippen molar-refractivity contribution in [2.75, 3.05) is 13.1 Å². The molecule has 0 radical (unpaired) electrons. The lowest BCUT2D eigenvalue weighted by Crippen LogP contribution is -2.46. The Kier molecular flexibility index (Phi) is 4.52. The highest BCUT2D eigenvalue weighted by Gasteiger charge is 2.35. The van der Waals surface area contributed by atoms with Crippen LogP contribution in [0.3, 0.4) is 0 Å². The minimum Gasteiger partial charge on any atom is -0.550 e. The van der Waals surface area contributed by atoms with E-state index in [4.69, 9.17) is 0 Å². The molecule has 1 aromatic rings. The Hall–Kier alpha value is -1.55. The van der Waals surface area contributed by atoms with Crippen LogP contribution in [0.1, 0.15) is 30.8 Å². The van der Waals surface area contributed by atoms with Gasteiger partial charge in [-0.2, -0.15) is 18.2 Å². The van der Waals surface area contributed by atoms with E-state index in [-0.39, 0.29) is 29.4 Å². The number of carboxylic acids is 1. The quantitative estimate of drug-likeness (QED) is 0.774. The van der Waals surface area contributed by atoms with E-state index >= 15 is 0 Å². The maximum atomic E-state index is 12.8. The average Bonchev–Trinajstić information content (AvgIpc) is 2.74. The number of nitrogens with zero attached hydrogens (tertiary/aromatic N) is 3. The first-order valence-corrected chi connectivity index (χ1v) is 8.15. The number of aliphatic carboxylic acids is 1. The number of hydrogen-bond donors (Lipinski definition) is 0. The van der Waals surface area contributed by atoms with Crippen LogP contribution in [0.15, 0.2) is 4.90 Å². The van der Waals surface area contributed by atoms with Crippen LogP contribution in [0.4, 0.5) is 8.78 Å². The van der Waals surface area contributed by atoms with E-state index in [1.807, 2.05) is 0 Å². The monoisotopic (exact) mass is 336 g/mol. The van der Waals surface area contributed by atoms with Gasteiger partial charge in [0, 0.05) is 25.0 Å². The first kappa shape index (κ1) is 16.8. The largest absolute Gasteiger partial charge is 0.550 e. The molecule has 10 heteroatoms. The van der Waals surface area contributed by atoms with Crippen molar-refractivity contribution in [3.05, 3.63) is 11.4 Å². The highest BCUT2D eigenvalue weighted by molar-refractivity contribution is 7.89. The minimum absolute atomic E-state index is 0.0339. The van der Waals surface area contributed by atoms with Crippen LogP contribution in [0, 0.1) is 19.8 Å². The van der Waals surface area contributed by atoms with Crippen molar-refractivity contribution in [2.45, 2.75) is 38.1 Å². The van der Waals surface area contributed by atoms with Gasteiger partial charge in [0.15, 0.2) is 0 Å². The van der Waals surface area contributed by atoms with Gasteiger partial charge in [0.25, 0.3) is 0 Å². The zero-order valence-corrected chi connectivity index (χ0v) is 12.9. The van der Waals surface area contributed by atoms with Gasteiger partial charge in [-0.15, -0.1) is 0 Å². The van der Waals surface area contributed by atoms with Gasteiger partial charge in [-0.05, 0) is 26.7 Å². The van der Waals surface area contributed by atoms with Crippen LogP contribution in [0.5, 0.6) is 0 Å². The lowest BCUT2D eigenvalue weighted by atomic mass is 10.0. The topological polar surface area (TPSA) is 95.3 Å².